The molecule has 110 valence electrons. The Bertz CT molecular complexity index is 298. The van der Waals surface area contributed by atoms with Crippen LogP contribution in [0.4, 0.5) is 0 Å². The van der Waals surface area contributed by atoms with Gasteiger partial charge in [0.1, 0.15) is 0 Å². The molecule has 2 saturated carbocycles. The Hall–Kier alpha value is -0.0800. The van der Waals surface area contributed by atoms with Crippen molar-refractivity contribution >= 4 is 0 Å². The predicted molar refractivity (Wildman–Crippen MR) is 79.2 cm³/mol. The largest absolute Gasteiger partial charge is 0.393 e. The van der Waals surface area contributed by atoms with Crippen molar-refractivity contribution in [3.63, 3.8) is 0 Å². The maximum Gasteiger partial charge on any atom is 0.0555 e. The van der Waals surface area contributed by atoms with Gasteiger partial charge >= 0.3 is 0 Å². The van der Waals surface area contributed by atoms with Crippen molar-refractivity contribution in [1.82, 2.24) is 4.90 Å². The molecule has 3 aliphatic rings. The van der Waals surface area contributed by atoms with Crippen LogP contribution in [0.15, 0.2) is 0 Å². The molecule has 2 heteroatoms. The van der Waals surface area contributed by atoms with Gasteiger partial charge in [0.25, 0.3) is 0 Å². The zero-order chi connectivity index (χ0) is 13.3. The van der Waals surface area contributed by atoms with E-state index in [1.165, 1.54) is 64.3 Å². The van der Waals surface area contributed by atoms with Crippen molar-refractivity contribution in [3.8, 4) is 0 Å². The Labute approximate surface area is 118 Å². The van der Waals surface area contributed by atoms with E-state index in [9.17, 15) is 5.11 Å². The highest BCUT2D eigenvalue weighted by molar-refractivity contribution is 5.02. The summed E-state index contributed by atoms with van der Waals surface area (Å²) in [5, 5.41) is 10.2. The molecular formula is C17H31NO. The number of aliphatic hydroxyl groups excluding tert-OH is 1. The molecule has 0 bridgehead atoms. The molecule has 3 rings (SSSR count). The smallest absolute Gasteiger partial charge is 0.0555 e. The second-order valence-electron chi connectivity index (χ2n) is 7.34. The number of nitrogens with zero attached hydrogens (tertiary/aromatic N) is 1. The Kier molecular flexibility index (Phi) is 4.19. The van der Waals surface area contributed by atoms with Crippen LogP contribution in [0.5, 0.6) is 0 Å². The monoisotopic (exact) mass is 265 g/mol. The zero-order valence-electron chi connectivity index (χ0n) is 12.6. The van der Waals surface area contributed by atoms with E-state index in [0.717, 1.165) is 18.9 Å². The Morgan fingerprint density at radius 2 is 1.89 bits per heavy atom. The summed E-state index contributed by atoms with van der Waals surface area (Å²) in [6.45, 7) is 3.61. The Morgan fingerprint density at radius 1 is 1.11 bits per heavy atom. The SMILES string of the molecule is CCCC1CCCN1C1CC(O)CCC12CCCC2. The van der Waals surface area contributed by atoms with Gasteiger partial charge in [-0.25, -0.2) is 0 Å². The molecule has 1 spiro atoms. The molecule has 3 unspecified atom stereocenters. The molecule has 0 aromatic carbocycles. The fourth-order valence-electron chi connectivity index (χ4n) is 5.31. The summed E-state index contributed by atoms with van der Waals surface area (Å²) >= 11 is 0. The maximum absolute atomic E-state index is 10.2. The second kappa shape index (κ2) is 5.73. The van der Waals surface area contributed by atoms with Gasteiger partial charge in [-0.3, -0.25) is 4.90 Å². The van der Waals surface area contributed by atoms with Crippen molar-refractivity contribution in [3.05, 3.63) is 0 Å². The third kappa shape index (κ3) is 2.58. The molecule has 19 heavy (non-hydrogen) atoms. The molecule has 2 nitrogen and oxygen atoms in total. The lowest BCUT2D eigenvalue weighted by molar-refractivity contribution is -0.0325. The van der Waals surface area contributed by atoms with Gasteiger partial charge in [-0.15, -0.1) is 0 Å². The van der Waals surface area contributed by atoms with Crippen molar-refractivity contribution in [1.29, 1.82) is 0 Å². The number of rotatable bonds is 3. The van der Waals surface area contributed by atoms with Crippen LogP contribution >= 0.6 is 0 Å². The van der Waals surface area contributed by atoms with E-state index < -0.39 is 0 Å². The van der Waals surface area contributed by atoms with Crippen LogP contribution in [0.1, 0.15) is 77.6 Å². The number of hydrogen-bond donors (Lipinski definition) is 1. The molecule has 1 saturated heterocycles. The van der Waals surface area contributed by atoms with Crippen LogP contribution in [-0.4, -0.2) is 34.7 Å². The van der Waals surface area contributed by atoms with E-state index in [-0.39, 0.29) is 6.10 Å². The number of likely N-dealkylation sites (tertiary alicyclic amines) is 1. The summed E-state index contributed by atoms with van der Waals surface area (Å²) < 4.78 is 0. The van der Waals surface area contributed by atoms with Gasteiger partial charge in [0.15, 0.2) is 0 Å². The van der Waals surface area contributed by atoms with Gasteiger partial charge in [0, 0.05) is 12.1 Å². The first-order valence-corrected chi connectivity index (χ1v) is 8.69. The van der Waals surface area contributed by atoms with E-state index in [1.807, 2.05) is 0 Å². The molecule has 0 amide bonds. The average Bonchev–Trinajstić information content (AvgIpc) is 3.03. The molecule has 0 aromatic heterocycles. The summed E-state index contributed by atoms with van der Waals surface area (Å²) in [5.41, 5.74) is 0.579. The summed E-state index contributed by atoms with van der Waals surface area (Å²) in [6.07, 6.45) is 14.5. The van der Waals surface area contributed by atoms with E-state index >= 15 is 0 Å². The van der Waals surface area contributed by atoms with Crippen LogP contribution in [0, 0.1) is 5.41 Å². The molecule has 2 aliphatic carbocycles. The van der Waals surface area contributed by atoms with Crippen molar-refractivity contribution in [2.45, 2.75) is 95.7 Å². The first-order valence-electron chi connectivity index (χ1n) is 8.69. The van der Waals surface area contributed by atoms with Gasteiger partial charge in [-0.2, -0.15) is 0 Å². The molecule has 1 N–H and O–H groups in total. The van der Waals surface area contributed by atoms with E-state index in [4.69, 9.17) is 0 Å². The summed E-state index contributed by atoms with van der Waals surface area (Å²) in [4.78, 5) is 2.83. The quantitative estimate of drug-likeness (QED) is 0.840. The minimum Gasteiger partial charge on any atom is -0.393 e. The van der Waals surface area contributed by atoms with Gasteiger partial charge in [0.2, 0.25) is 0 Å². The second-order valence-corrected chi connectivity index (χ2v) is 7.34. The molecule has 0 aromatic rings. The van der Waals surface area contributed by atoms with Crippen molar-refractivity contribution in [2.24, 2.45) is 5.41 Å². The number of hydrogen-bond acceptors (Lipinski definition) is 2. The zero-order valence-corrected chi connectivity index (χ0v) is 12.6. The summed E-state index contributed by atoms with van der Waals surface area (Å²) in [6, 6.07) is 1.51. The first kappa shape index (κ1) is 13.9. The molecule has 1 heterocycles. The normalized spacial score (nSPS) is 39.2. The van der Waals surface area contributed by atoms with E-state index in [0.29, 0.717) is 11.5 Å². The minimum absolute atomic E-state index is 0.0286. The minimum atomic E-state index is -0.0286. The molecule has 1 aliphatic heterocycles. The lowest BCUT2D eigenvalue weighted by Gasteiger charge is -2.49. The first-order chi connectivity index (χ1) is 9.25. The third-order valence-corrected chi connectivity index (χ3v) is 6.22. The highest BCUT2D eigenvalue weighted by Crippen LogP contribution is 2.52. The summed E-state index contributed by atoms with van der Waals surface area (Å²) in [7, 11) is 0. The molecular weight excluding hydrogens is 234 g/mol. The highest BCUT2D eigenvalue weighted by atomic mass is 16.3. The molecule has 3 fully saturated rings. The van der Waals surface area contributed by atoms with E-state index in [2.05, 4.69) is 11.8 Å². The van der Waals surface area contributed by atoms with Gasteiger partial charge in [-0.1, -0.05) is 26.2 Å². The fraction of sp³-hybridized carbons (Fsp3) is 1.00. The maximum atomic E-state index is 10.2. The number of aliphatic hydroxyl groups is 1. The van der Waals surface area contributed by atoms with Crippen molar-refractivity contribution in [2.75, 3.05) is 6.54 Å². The molecule has 3 atom stereocenters. The van der Waals surface area contributed by atoms with Crippen LogP contribution < -0.4 is 0 Å². The van der Waals surface area contributed by atoms with E-state index in [1.54, 1.807) is 0 Å². The van der Waals surface area contributed by atoms with Gasteiger partial charge in [-0.05, 0) is 63.3 Å². The van der Waals surface area contributed by atoms with Gasteiger partial charge < -0.3 is 5.11 Å². The third-order valence-electron chi connectivity index (χ3n) is 6.22. The lowest BCUT2D eigenvalue weighted by Crippen LogP contribution is -2.53. The molecule has 0 radical (unpaired) electrons. The lowest BCUT2D eigenvalue weighted by atomic mass is 9.67. The predicted octanol–water partition coefficient (Wildman–Crippen LogP) is 3.72. The Balaban J connectivity index is 1.78. The van der Waals surface area contributed by atoms with Crippen molar-refractivity contribution < 1.29 is 5.11 Å². The highest BCUT2D eigenvalue weighted by Gasteiger charge is 2.49. The van der Waals surface area contributed by atoms with Crippen LogP contribution in [0.3, 0.4) is 0 Å². The van der Waals surface area contributed by atoms with Crippen LogP contribution in [0.25, 0.3) is 0 Å². The average molecular weight is 265 g/mol. The fourth-order valence-corrected chi connectivity index (χ4v) is 5.31. The van der Waals surface area contributed by atoms with Crippen LogP contribution in [-0.2, 0) is 0 Å². The topological polar surface area (TPSA) is 23.5 Å². The Morgan fingerprint density at radius 3 is 2.63 bits per heavy atom. The summed E-state index contributed by atoms with van der Waals surface area (Å²) in [5.74, 6) is 0. The van der Waals surface area contributed by atoms with Crippen LogP contribution in [0.2, 0.25) is 0 Å². The standard InChI is InChI=1S/C17H31NO/c1-2-6-14-7-5-12-18(14)16-13-15(19)8-11-17(16)9-3-4-10-17/h14-16,19H,2-13H2,1H3. The van der Waals surface area contributed by atoms with Gasteiger partial charge in [0.05, 0.1) is 6.10 Å².